The monoisotopic (exact) mass is 286 g/mol. The summed E-state index contributed by atoms with van der Waals surface area (Å²) in [4.78, 5) is 11.5. The van der Waals surface area contributed by atoms with Gasteiger partial charge in [0.15, 0.2) is 12.0 Å². The highest BCUT2D eigenvalue weighted by Crippen LogP contribution is 2.44. The average Bonchev–Trinajstić information content (AvgIpc) is 2.81. The quantitative estimate of drug-likeness (QED) is 0.735. The third-order valence-corrected chi connectivity index (χ3v) is 4.34. The van der Waals surface area contributed by atoms with Crippen LogP contribution in [-0.4, -0.2) is 48.5 Å². The summed E-state index contributed by atoms with van der Waals surface area (Å²) < 4.78 is 30.4. The molecule has 6 heteroatoms. The molecule has 0 aromatic rings. The lowest BCUT2D eigenvalue weighted by molar-refractivity contribution is -0.199. The topological polar surface area (TPSA) is 65.0 Å². The van der Waals surface area contributed by atoms with E-state index in [-0.39, 0.29) is 5.57 Å². The zero-order valence-electron chi connectivity index (χ0n) is 11.4. The summed E-state index contributed by atoms with van der Waals surface area (Å²) >= 11 is 0. The molecule has 0 radical (unpaired) electrons. The molecule has 3 rings (SSSR count). The van der Waals surface area contributed by atoms with Gasteiger partial charge in [0.1, 0.15) is 18.3 Å². The van der Waals surface area contributed by atoms with Crippen molar-refractivity contribution in [3.8, 4) is 0 Å². The van der Waals surface area contributed by atoms with Crippen LogP contribution >= 0.6 is 0 Å². The van der Waals surface area contributed by atoms with Crippen LogP contribution in [0.5, 0.6) is 0 Å². The van der Waals surface area contributed by atoms with E-state index in [1.807, 2.05) is 0 Å². The molecule has 5 nitrogen and oxygen atoms in total. The Morgan fingerprint density at radius 1 is 1.40 bits per heavy atom. The lowest BCUT2D eigenvalue weighted by Crippen LogP contribution is -2.47. The molecule has 1 saturated heterocycles. The van der Waals surface area contributed by atoms with Gasteiger partial charge in [-0.15, -0.1) is 0 Å². The number of carbonyl (C=O) groups excluding carboxylic acids is 1. The lowest BCUT2D eigenvalue weighted by Gasteiger charge is -2.32. The number of methoxy groups -OCH3 is 1. The average molecular weight is 286 g/mol. The van der Waals surface area contributed by atoms with E-state index in [1.54, 1.807) is 0 Å². The highest BCUT2D eigenvalue weighted by atomic mass is 19.1. The third kappa shape index (κ3) is 2.16. The molecule has 0 aromatic heterocycles. The van der Waals surface area contributed by atoms with Crippen LogP contribution in [0.3, 0.4) is 0 Å². The van der Waals surface area contributed by atoms with Gasteiger partial charge in [0.05, 0.1) is 12.7 Å². The molecule has 1 heterocycles. The number of ether oxygens (including phenoxy) is 3. The van der Waals surface area contributed by atoms with Crippen molar-refractivity contribution in [2.45, 2.75) is 62.4 Å². The summed E-state index contributed by atoms with van der Waals surface area (Å²) in [6.07, 6.45) is 1.44. The Morgan fingerprint density at radius 3 is 2.75 bits per heavy atom. The molecular formula is C14H19FO5. The van der Waals surface area contributed by atoms with E-state index in [0.29, 0.717) is 0 Å². The second-order valence-corrected chi connectivity index (χ2v) is 5.64. The maximum absolute atomic E-state index is 14.1. The van der Waals surface area contributed by atoms with Crippen molar-refractivity contribution >= 4 is 5.97 Å². The van der Waals surface area contributed by atoms with Crippen LogP contribution in [0.1, 0.15) is 32.1 Å². The van der Waals surface area contributed by atoms with Crippen molar-refractivity contribution in [3.63, 3.8) is 0 Å². The molecule has 0 amide bonds. The highest BCUT2D eigenvalue weighted by Gasteiger charge is 2.54. The normalized spacial score (nSPS) is 39.2. The molecule has 1 saturated carbocycles. The summed E-state index contributed by atoms with van der Waals surface area (Å²) in [5.41, 5.74) is -0.183. The second kappa shape index (κ2) is 5.09. The van der Waals surface area contributed by atoms with Crippen LogP contribution in [-0.2, 0) is 19.0 Å². The number of fused-ring (bicyclic) bond motifs is 1. The van der Waals surface area contributed by atoms with Gasteiger partial charge in [0, 0.05) is 12.8 Å². The molecule has 112 valence electrons. The Bertz CT molecular complexity index is 429. The van der Waals surface area contributed by atoms with Crippen LogP contribution in [0.15, 0.2) is 11.6 Å². The Balaban J connectivity index is 1.85. The van der Waals surface area contributed by atoms with Gasteiger partial charge in [-0.3, -0.25) is 0 Å². The van der Waals surface area contributed by atoms with E-state index in [2.05, 4.69) is 4.74 Å². The number of hydrogen-bond acceptors (Lipinski definition) is 5. The van der Waals surface area contributed by atoms with Gasteiger partial charge in [-0.05, 0) is 18.9 Å². The minimum atomic E-state index is -1.80. The van der Waals surface area contributed by atoms with E-state index >= 15 is 0 Å². The predicted molar refractivity (Wildman–Crippen MR) is 66.6 cm³/mol. The van der Waals surface area contributed by atoms with Crippen molar-refractivity contribution in [2.75, 3.05) is 7.11 Å². The van der Waals surface area contributed by atoms with Crippen LogP contribution in [0, 0.1) is 0 Å². The minimum absolute atomic E-state index is 0.183. The van der Waals surface area contributed by atoms with E-state index in [9.17, 15) is 14.3 Å². The number of halogens is 1. The molecule has 1 aliphatic heterocycles. The maximum atomic E-state index is 14.1. The molecule has 0 bridgehead atoms. The van der Waals surface area contributed by atoms with Crippen molar-refractivity contribution in [1.82, 2.24) is 0 Å². The van der Waals surface area contributed by atoms with Crippen LogP contribution in [0.25, 0.3) is 0 Å². The number of rotatable bonds is 1. The van der Waals surface area contributed by atoms with Gasteiger partial charge in [-0.2, -0.15) is 0 Å². The molecule has 1 spiro atoms. The number of aliphatic hydroxyl groups excluding tert-OH is 1. The first kappa shape index (κ1) is 14.0. The number of hydrogen-bond donors (Lipinski definition) is 1. The molecule has 2 aliphatic carbocycles. The Kier molecular flexibility index (Phi) is 3.56. The third-order valence-electron chi connectivity index (χ3n) is 4.34. The molecule has 0 aromatic carbocycles. The fourth-order valence-corrected chi connectivity index (χ4v) is 3.29. The zero-order chi connectivity index (χ0) is 14.3. The lowest BCUT2D eigenvalue weighted by atomic mass is 9.90. The van der Waals surface area contributed by atoms with Gasteiger partial charge in [-0.25, -0.2) is 9.18 Å². The molecule has 2 fully saturated rings. The highest BCUT2D eigenvalue weighted by molar-refractivity contribution is 5.90. The van der Waals surface area contributed by atoms with Crippen molar-refractivity contribution < 1.29 is 28.5 Å². The van der Waals surface area contributed by atoms with Crippen LogP contribution in [0.2, 0.25) is 0 Å². The van der Waals surface area contributed by atoms with Gasteiger partial charge in [-0.1, -0.05) is 6.42 Å². The molecule has 3 aliphatic rings. The minimum Gasteiger partial charge on any atom is -0.466 e. The molecule has 1 N–H and O–H groups in total. The fraction of sp³-hybridized carbons (Fsp3) is 0.786. The van der Waals surface area contributed by atoms with Gasteiger partial charge in [0.25, 0.3) is 0 Å². The zero-order valence-corrected chi connectivity index (χ0v) is 11.4. The maximum Gasteiger partial charge on any atom is 0.336 e. The number of alkyl halides is 1. The number of carbonyl (C=O) groups is 1. The first-order valence-corrected chi connectivity index (χ1v) is 7.04. The molecule has 4 unspecified atom stereocenters. The van der Waals surface area contributed by atoms with Crippen LogP contribution < -0.4 is 0 Å². The molecular weight excluding hydrogens is 267 g/mol. The molecule has 20 heavy (non-hydrogen) atoms. The Hall–Kier alpha value is -0.980. The predicted octanol–water partition coefficient (Wildman–Crippen LogP) is 1.24. The fourth-order valence-electron chi connectivity index (χ4n) is 3.29. The van der Waals surface area contributed by atoms with E-state index < -0.39 is 36.2 Å². The van der Waals surface area contributed by atoms with E-state index in [4.69, 9.17) is 9.47 Å². The molecule has 4 atom stereocenters. The summed E-state index contributed by atoms with van der Waals surface area (Å²) in [6, 6.07) is 0. The van der Waals surface area contributed by atoms with E-state index in [0.717, 1.165) is 32.1 Å². The standard InChI is InChI=1S/C14H19FO5/c1-18-13(17)8-7-9-12(11(16)10(8)15)20-14(19-9)5-3-2-4-6-14/h7,9-12,16H,2-6H2,1H3. The summed E-state index contributed by atoms with van der Waals surface area (Å²) in [5.74, 6) is -1.50. The number of esters is 1. The largest absolute Gasteiger partial charge is 0.466 e. The first-order chi connectivity index (χ1) is 9.56. The summed E-state index contributed by atoms with van der Waals surface area (Å²) in [7, 11) is 1.18. The van der Waals surface area contributed by atoms with E-state index in [1.165, 1.54) is 13.2 Å². The first-order valence-electron chi connectivity index (χ1n) is 7.04. The SMILES string of the molecule is COC(=O)C1=CC2OC3(CCCCC3)OC2C(O)C1F. The van der Waals surface area contributed by atoms with Crippen molar-refractivity contribution in [3.05, 3.63) is 11.6 Å². The smallest absolute Gasteiger partial charge is 0.336 e. The van der Waals surface area contributed by atoms with Gasteiger partial charge in [0.2, 0.25) is 0 Å². The van der Waals surface area contributed by atoms with Gasteiger partial charge >= 0.3 is 5.97 Å². The van der Waals surface area contributed by atoms with Crippen molar-refractivity contribution in [1.29, 1.82) is 0 Å². The Labute approximate surface area is 116 Å². The van der Waals surface area contributed by atoms with Crippen LogP contribution in [0.4, 0.5) is 4.39 Å². The van der Waals surface area contributed by atoms with Gasteiger partial charge < -0.3 is 19.3 Å². The number of aliphatic hydroxyl groups is 1. The summed E-state index contributed by atoms with van der Waals surface area (Å²) in [5, 5.41) is 10.0. The Morgan fingerprint density at radius 2 is 2.10 bits per heavy atom. The van der Waals surface area contributed by atoms with Crippen molar-refractivity contribution in [2.24, 2.45) is 0 Å². The second-order valence-electron chi connectivity index (χ2n) is 5.64. The summed E-state index contributed by atoms with van der Waals surface area (Å²) in [6.45, 7) is 0.